The molecule has 0 bridgehead atoms. The highest BCUT2D eigenvalue weighted by molar-refractivity contribution is 5.82. The molecule has 4 heteroatoms. The Morgan fingerprint density at radius 1 is 1.36 bits per heavy atom. The Balaban J connectivity index is 2.13. The van der Waals surface area contributed by atoms with E-state index in [-0.39, 0.29) is 23.2 Å². The van der Waals surface area contributed by atoms with E-state index in [1.807, 2.05) is 6.07 Å². The maximum Gasteiger partial charge on any atom is 0.315 e. The van der Waals surface area contributed by atoms with Gasteiger partial charge in [-0.3, -0.25) is 4.79 Å². The van der Waals surface area contributed by atoms with E-state index < -0.39 is 5.41 Å². The molecule has 1 aromatic carbocycles. The molecule has 1 aromatic rings. The fourth-order valence-corrected chi connectivity index (χ4v) is 4.30. The fourth-order valence-electron chi connectivity index (χ4n) is 4.30. The lowest BCUT2D eigenvalue weighted by atomic mass is 9.67. The number of esters is 1. The molecule has 0 aromatic heterocycles. The van der Waals surface area contributed by atoms with Gasteiger partial charge < -0.3 is 14.6 Å². The van der Waals surface area contributed by atoms with Gasteiger partial charge in [0.05, 0.1) is 12.5 Å². The molecule has 3 rings (SSSR count). The van der Waals surface area contributed by atoms with Gasteiger partial charge in [-0.2, -0.15) is 0 Å². The average molecular weight is 344 g/mol. The molecule has 2 aliphatic rings. The summed E-state index contributed by atoms with van der Waals surface area (Å²) < 4.78 is 11.2. The molecule has 25 heavy (non-hydrogen) atoms. The molecule has 0 amide bonds. The Hall–Kier alpha value is -1.97. The van der Waals surface area contributed by atoms with Gasteiger partial charge >= 0.3 is 5.97 Å². The van der Waals surface area contributed by atoms with Crippen molar-refractivity contribution in [3.63, 3.8) is 0 Å². The highest BCUT2D eigenvalue weighted by Crippen LogP contribution is 2.54. The zero-order valence-electron chi connectivity index (χ0n) is 16.0. The Labute approximate surface area is 149 Å². The Morgan fingerprint density at radius 2 is 2.04 bits per heavy atom. The molecule has 0 spiro atoms. The topological polar surface area (TPSA) is 55.8 Å². The number of aromatic hydroxyl groups is 1. The number of ether oxygens (including phenoxy) is 2. The number of phenolic OH excluding ortho intramolecular Hbond substituents is 1. The van der Waals surface area contributed by atoms with Gasteiger partial charge in [0.2, 0.25) is 0 Å². The molecule has 0 saturated heterocycles. The van der Waals surface area contributed by atoms with Crippen LogP contribution in [-0.4, -0.2) is 23.8 Å². The minimum Gasteiger partial charge on any atom is -0.508 e. The lowest BCUT2D eigenvalue weighted by Gasteiger charge is -2.47. The van der Waals surface area contributed by atoms with Gasteiger partial charge in [0, 0.05) is 17.4 Å². The monoisotopic (exact) mass is 344 g/mol. The third-order valence-electron chi connectivity index (χ3n) is 5.92. The highest BCUT2D eigenvalue weighted by atomic mass is 16.5. The zero-order valence-corrected chi connectivity index (χ0v) is 16.0. The first-order valence-electron chi connectivity index (χ1n) is 8.88. The maximum absolute atomic E-state index is 12.2. The summed E-state index contributed by atoms with van der Waals surface area (Å²) in [6, 6.07) is 3.60. The molecule has 1 aliphatic heterocycles. The van der Waals surface area contributed by atoms with Crippen LogP contribution in [0.25, 0.3) is 0 Å². The fraction of sp³-hybridized carbons (Fsp3) is 0.571. The van der Waals surface area contributed by atoms with Crippen molar-refractivity contribution >= 4 is 5.97 Å². The van der Waals surface area contributed by atoms with E-state index in [1.165, 1.54) is 12.7 Å². The SMILES string of the molecule is COC(=O)C(C)(C)c1cc(O)c2c(c1)OC(C)(C)C1CC=C(C)CC21. The number of carbonyl (C=O) groups is 1. The molecule has 0 saturated carbocycles. The summed E-state index contributed by atoms with van der Waals surface area (Å²) in [4.78, 5) is 12.2. The average Bonchev–Trinajstić information content (AvgIpc) is 2.52. The first-order chi connectivity index (χ1) is 11.6. The van der Waals surface area contributed by atoms with Crippen molar-refractivity contribution in [3.05, 3.63) is 34.9 Å². The lowest BCUT2D eigenvalue weighted by molar-refractivity contribution is -0.146. The first-order valence-corrected chi connectivity index (χ1v) is 8.88. The van der Waals surface area contributed by atoms with E-state index >= 15 is 0 Å². The van der Waals surface area contributed by atoms with Crippen LogP contribution < -0.4 is 4.74 Å². The van der Waals surface area contributed by atoms with Gasteiger partial charge in [-0.1, -0.05) is 11.6 Å². The minimum absolute atomic E-state index is 0.213. The number of allylic oxidation sites excluding steroid dienone is 2. The second-order valence-corrected chi connectivity index (χ2v) is 8.43. The zero-order chi connectivity index (χ0) is 18.6. The summed E-state index contributed by atoms with van der Waals surface area (Å²) in [7, 11) is 1.38. The number of fused-ring (bicyclic) bond motifs is 3. The van der Waals surface area contributed by atoms with Gasteiger partial charge in [-0.25, -0.2) is 0 Å². The molecule has 0 fully saturated rings. The van der Waals surface area contributed by atoms with Crippen molar-refractivity contribution in [2.24, 2.45) is 5.92 Å². The van der Waals surface area contributed by atoms with Crippen LogP contribution in [0.3, 0.4) is 0 Å². The van der Waals surface area contributed by atoms with Crippen LogP contribution in [0.1, 0.15) is 64.5 Å². The summed E-state index contributed by atoms with van der Waals surface area (Å²) in [5.74, 6) is 1.13. The molecule has 1 N–H and O–H groups in total. The molecular weight excluding hydrogens is 316 g/mol. The largest absolute Gasteiger partial charge is 0.508 e. The molecule has 2 unspecified atom stereocenters. The van der Waals surface area contributed by atoms with Crippen LogP contribution in [0.15, 0.2) is 23.8 Å². The number of hydrogen-bond donors (Lipinski definition) is 1. The number of carbonyl (C=O) groups excluding carboxylic acids is 1. The van der Waals surface area contributed by atoms with Crippen LogP contribution in [-0.2, 0) is 14.9 Å². The van der Waals surface area contributed by atoms with E-state index in [1.54, 1.807) is 19.9 Å². The number of rotatable bonds is 2. The normalized spacial score (nSPS) is 24.5. The summed E-state index contributed by atoms with van der Waals surface area (Å²) in [5.41, 5.74) is 1.75. The third kappa shape index (κ3) is 2.82. The molecule has 4 nitrogen and oxygen atoms in total. The van der Waals surface area contributed by atoms with E-state index in [0.717, 1.165) is 18.4 Å². The Morgan fingerprint density at radius 3 is 2.68 bits per heavy atom. The van der Waals surface area contributed by atoms with Gasteiger partial charge in [-0.05, 0) is 65.2 Å². The summed E-state index contributed by atoms with van der Waals surface area (Å²) >= 11 is 0. The number of methoxy groups -OCH3 is 1. The molecule has 0 radical (unpaired) electrons. The molecule has 1 heterocycles. The van der Waals surface area contributed by atoms with Crippen LogP contribution in [0, 0.1) is 5.92 Å². The standard InChI is InChI=1S/C21H28O4/c1-12-7-8-15-14(9-12)18-16(22)10-13(20(2,3)19(23)24-6)11-17(18)25-21(15,4)5/h7,10-11,14-15,22H,8-9H2,1-6H3. The predicted octanol–water partition coefficient (Wildman–Crippen LogP) is 4.45. The van der Waals surface area contributed by atoms with Crippen molar-refractivity contribution in [1.29, 1.82) is 0 Å². The van der Waals surface area contributed by atoms with E-state index in [2.05, 4.69) is 26.8 Å². The van der Waals surface area contributed by atoms with Crippen LogP contribution in [0.2, 0.25) is 0 Å². The summed E-state index contributed by atoms with van der Waals surface area (Å²) in [5, 5.41) is 10.8. The van der Waals surface area contributed by atoms with Crippen molar-refractivity contribution in [2.75, 3.05) is 7.11 Å². The van der Waals surface area contributed by atoms with Crippen LogP contribution in [0.4, 0.5) is 0 Å². The molecule has 2 atom stereocenters. The van der Waals surface area contributed by atoms with E-state index in [4.69, 9.17) is 9.47 Å². The first kappa shape index (κ1) is 17.8. The summed E-state index contributed by atoms with van der Waals surface area (Å²) in [6.45, 7) is 9.95. The van der Waals surface area contributed by atoms with Gasteiger partial charge in [0.1, 0.15) is 17.1 Å². The van der Waals surface area contributed by atoms with Crippen LogP contribution in [0.5, 0.6) is 11.5 Å². The second kappa shape index (κ2) is 5.79. The third-order valence-corrected chi connectivity index (χ3v) is 5.92. The maximum atomic E-state index is 12.2. The predicted molar refractivity (Wildman–Crippen MR) is 97.1 cm³/mol. The van der Waals surface area contributed by atoms with Crippen LogP contribution >= 0.6 is 0 Å². The highest BCUT2D eigenvalue weighted by Gasteiger charge is 2.46. The Bertz CT molecular complexity index is 743. The molecule has 136 valence electrons. The number of benzene rings is 1. The van der Waals surface area contributed by atoms with Crippen molar-refractivity contribution in [2.45, 2.75) is 64.4 Å². The van der Waals surface area contributed by atoms with E-state index in [9.17, 15) is 9.90 Å². The number of hydrogen-bond acceptors (Lipinski definition) is 4. The van der Waals surface area contributed by atoms with Gasteiger partial charge in [0.25, 0.3) is 0 Å². The quantitative estimate of drug-likeness (QED) is 0.636. The number of phenols is 1. The van der Waals surface area contributed by atoms with E-state index in [0.29, 0.717) is 17.2 Å². The smallest absolute Gasteiger partial charge is 0.315 e. The minimum atomic E-state index is -0.853. The van der Waals surface area contributed by atoms with Crippen molar-refractivity contribution < 1.29 is 19.4 Å². The van der Waals surface area contributed by atoms with Gasteiger partial charge in [-0.15, -0.1) is 0 Å². The second-order valence-electron chi connectivity index (χ2n) is 8.43. The molecular formula is C21H28O4. The Kier molecular flexibility index (Phi) is 4.13. The van der Waals surface area contributed by atoms with Crippen molar-refractivity contribution in [1.82, 2.24) is 0 Å². The molecule has 1 aliphatic carbocycles. The summed E-state index contributed by atoms with van der Waals surface area (Å²) in [6.07, 6.45) is 4.17. The van der Waals surface area contributed by atoms with Crippen molar-refractivity contribution in [3.8, 4) is 11.5 Å². The van der Waals surface area contributed by atoms with Gasteiger partial charge in [0.15, 0.2) is 0 Å². The lowest BCUT2D eigenvalue weighted by Crippen LogP contribution is -2.45.